The van der Waals surface area contributed by atoms with E-state index in [4.69, 9.17) is 9.26 Å². The zero-order valence-electron chi connectivity index (χ0n) is 11.5. The molecule has 0 atom stereocenters. The first-order valence-corrected chi connectivity index (χ1v) is 7.14. The van der Waals surface area contributed by atoms with Crippen LogP contribution in [0.3, 0.4) is 0 Å². The molecule has 2 rings (SSSR count). The highest BCUT2D eigenvalue weighted by Gasteiger charge is 2.19. The lowest BCUT2D eigenvalue weighted by Gasteiger charge is -2.01. The predicted octanol–water partition coefficient (Wildman–Crippen LogP) is 3.09. The van der Waals surface area contributed by atoms with Crippen molar-refractivity contribution in [1.29, 1.82) is 0 Å². The summed E-state index contributed by atoms with van der Waals surface area (Å²) >= 11 is 1.23. The van der Waals surface area contributed by atoms with E-state index in [1.54, 1.807) is 6.07 Å². The molecular weight excluding hydrogens is 280 g/mol. The van der Waals surface area contributed by atoms with Gasteiger partial charge in [-0.15, -0.1) is 11.3 Å². The molecule has 2 aromatic rings. The van der Waals surface area contributed by atoms with E-state index >= 15 is 0 Å². The van der Waals surface area contributed by atoms with Crippen LogP contribution in [-0.4, -0.2) is 21.2 Å². The highest BCUT2D eigenvalue weighted by molar-refractivity contribution is 7.14. The second-order valence-corrected chi connectivity index (χ2v) is 5.63. The molecular formula is C13H16N2O4S. The fourth-order valence-electron chi connectivity index (χ4n) is 1.57. The number of carboxylic acids is 1. The van der Waals surface area contributed by atoms with Crippen molar-refractivity contribution in [2.24, 2.45) is 0 Å². The van der Waals surface area contributed by atoms with Gasteiger partial charge in [-0.05, 0) is 12.0 Å². The fourth-order valence-corrected chi connectivity index (χ4v) is 2.51. The standard InChI is InChI=1S/C13H16N2O4S/c1-4-10-14-11(19-15-10)6-18-8-5-9(7(2)3)20-12(8)13(16)17/h5,7H,4,6H2,1-3H3,(H,16,17). The number of nitrogens with zero attached hydrogens (tertiary/aromatic N) is 2. The molecule has 108 valence electrons. The Hall–Kier alpha value is -1.89. The molecule has 0 saturated heterocycles. The molecule has 0 aliphatic carbocycles. The van der Waals surface area contributed by atoms with Gasteiger partial charge in [0.1, 0.15) is 5.75 Å². The van der Waals surface area contributed by atoms with Crippen molar-refractivity contribution < 1.29 is 19.2 Å². The van der Waals surface area contributed by atoms with Crippen LogP contribution in [0.5, 0.6) is 5.75 Å². The summed E-state index contributed by atoms with van der Waals surface area (Å²) in [5.41, 5.74) is 0. The zero-order valence-corrected chi connectivity index (χ0v) is 12.4. The molecule has 0 spiro atoms. The van der Waals surface area contributed by atoms with Gasteiger partial charge in [-0.1, -0.05) is 25.9 Å². The highest BCUT2D eigenvalue weighted by atomic mass is 32.1. The van der Waals surface area contributed by atoms with Crippen molar-refractivity contribution in [3.8, 4) is 5.75 Å². The first-order valence-electron chi connectivity index (χ1n) is 6.32. The summed E-state index contributed by atoms with van der Waals surface area (Å²) in [7, 11) is 0. The van der Waals surface area contributed by atoms with Crippen molar-refractivity contribution in [3.05, 3.63) is 27.5 Å². The SMILES string of the molecule is CCc1noc(COc2cc(C(C)C)sc2C(=O)O)n1. The quantitative estimate of drug-likeness (QED) is 0.881. The summed E-state index contributed by atoms with van der Waals surface area (Å²) < 4.78 is 10.5. The van der Waals surface area contributed by atoms with Gasteiger partial charge in [0.25, 0.3) is 5.89 Å². The summed E-state index contributed by atoms with van der Waals surface area (Å²) in [5, 5.41) is 12.9. The number of thiophene rings is 1. The first-order chi connectivity index (χ1) is 9.51. The normalized spacial score (nSPS) is 11.0. The van der Waals surface area contributed by atoms with Gasteiger partial charge in [0.05, 0.1) is 0 Å². The van der Waals surface area contributed by atoms with E-state index in [9.17, 15) is 9.90 Å². The Balaban J connectivity index is 2.13. The van der Waals surface area contributed by atoms with Crippen LogP contribution in [0.1, 0.15) is 53.0 Å². The Morgan fingerprint density at radius 3 is 2.85 bits per heavy atom. The van der Waals surface area contributed by atoms with Crippen molar-refractivity contribution >= 4 is 17.3 Å². The molecule has 20 heavy (non-hydrogen) atoms. The Kier molecular flexibility index (Phi) is 4.39. The molecule has 1 N–H and O–H groups in total. The average Bonchev–Trinajstić information content (AvgIpc) is 3.02. The number of carbonyl (C=O) groups is 1. The predicted molar refractivity (Wildman–Crippen MR) is 73.4 cm³/mol. The molecule has 0 saturated carbocycles. The van der Waals surface area contributed by atoms with Crippen LogP contribution < -0.4 is 4.74 Å². The summed E-state index contributed by atoms with van der Waals surface area (Å²) in [6.45, 7) is 6.01. The smallest absolute Gasteiger partial charge is 0.349 e. The molecule has 2 heterocycles. The topological polar surface area (TPSA) is 85.5 Å². The molecule has 0 unspecified atom stereocenters. The Morgan fingerprint density at radius 1 is 1.55 bits per heavy atom. The zero-order chi connectivity index (χ0) is 14.7. The Morgan fingerprint density at radius 2 is 2.30 bits per heavy atom. The van der Waals surface area contributed by atoms with E-state index in [-0.39, 0.29) is 17.4 Å². The molecule has 0 radical (unpaired) electrons. The largest absolute Gasteiger partial charge is 0.482 e. The van der Waals surface area contributed by atoms with E-state index < -0.39 is 5.97 Å². The summed E-state index contributed by atoms with van der Waals surface area (Å²) in [4.78, 5) is 16.5. The third-order valence-electron chi connectivity index (χ3n) is 2.66. The summed E-state index contributed by atoms with van der Waals surface area (Å²) in [6.07, 6.45) is 0.680. The van der Waals surface area contributed by atoms with Gasteiger partial charge in [0, 0.05) is 11.3 Å². The van der Waals surface area contributed by atoms with Gasteiger partial charge < -0.3 is 14.4 Å². The van der Waals surface area contributed by atoms with Crippen LogP contribution in [0.2, 0.25) is 0 Å². The molecule has 0 aliphatic heterocycles. The Labute approximate surface area is 120 Å². The number of rotatable bonds is 6. The fraction of sp³-hybridized carbons (Fsp3) is 0.462. The lowest BCUT2D eigenvalue weighted by molar-refractivity contribution is 0.0697. The van der Waals surface area contributed by atoms with Crippen molar-refractivity contribution in [2.75, 3.05) is 0 Å². The van der Waals surface area contributed by atoms with Crippen LogP contribution in [-0.2, 0) is 13.0 Å². The maximum atomic E-state index is 11.2. The van der Waals surface area contributed by atoms with Crippen LogP contribution in [0, 0.1) is 0 Å². The average molecular weight is 296 g/mol. The van der Waals surface area contributed by atoms with E-state index in [2.05, 4.69) is 10.1 Å². The maximum absolute atomic E-state index is 11.2. The number of hydrogen-bond donors (Lipinski definition) is 1. The van der Waals surface area contributed by atoms with Gasteiger partial charge in [0.15, 0.2) is 17.3 Å². The molecule has 0 fully saturated rings. The number of hydrogen-bond acceptors (Lipinski definition) is 6. The third-order valence-corrected chi connectivity index (χ3v) is 4.06. The number of aromatic carboxylic acids is 1. The molecule has 6 nitrogen and oxygen atoms in total. The first kappa shape index (κ1) is 14.5. The molecule has 0 aliphatic rings. The Bertz CT molecular complexity index is 603. The van der Waals surface area contributed by atoms with Crippen molar-refractivity contribution in [3.63, 3.8) is 0 Å². The van der Waals surface area contributed by atoms with Gasteiger partial charge in [-0.25, -0.2) is 4.79 Å². The lowest BCUT2D eigenvalue weighted by atomic mass is 10.2. The van der Waals surface area contributed by atoms with Crippen molar-refractivity contribution in [1.82, 2.24) is 10.1 Å². The second kappa shape index (κ2) is 6.04. The third kappa shape index (κ3) is 3.16. The lowest BCUT2D eigenvalue weighted by Crippen LogP contribution is -2.00. The molecule has 7 heteroatoms. The molecule has 0 aromatic carbocycles. The summed E-state index contributed by atoms with van der Waals surface area (Å²) in [5.74, 6) is 0.565. The van der Waals surface area contributed by atoms with Crippen LogP contribution in [0.4, 0.5) is 0 Å². The minimum absolute atomic E-state index is 0.0710. The monoisotopic (exact) mass is 296 g/mol. The van der Waals surface area contributed by atoms with Gasteiger partial charge in [0.2, 0.25) is 0 Å². The number of ether oxygens (including phenoxy) is 1. The van der Waals surface area contributed by atoms with Gasteiger partial charge >= 0.3 is 5.97 Å². The van der Waals surface area contributed by atoms with E-state index in [1.165, 1.54) is 11.3 Å². The van der Waals surface area contributed by atoms with Crippen molar-refractivity contribution in [2.45, 2.75) is 39.7 Å². The molecule has 0 amide bonds. The van der Waals surface area contributed by atoms with Gasteiger partial charge in [-0.3, -0.25) is 0 Å². The molecule has 0 bridgehead atoms. The second-order valence-electron chi connectivity index (χ2n) is 4.55. The van der Waals surface area contributed by atoms with Crippen LogP contribution in [0.25, 0.3) is 0 Å². The van der Waals surface area contributed by atoms with Crippen LogP contribution >= 0.6 is 11.3 Å². The van der Waals surface area contributed by atoms with E-state index in [1.807, 2.05) is 20.8 Å². The minimum Gasteiger partial charge on any atom is -0.482 e. The maximum Gasteiger partial charge on any atom is 0.349 e. The van der Waals surface area contributed by atoms with E-state index in [0.717, 1.165) is 4.88 Å². The van der Waals surface area contributed by atoms with Crippen LogP contribution in [0.15, 0.2) is 10.6 Å². The van der Waals surface area contributed by atoms with Gasteiger partial charge in [-0.2, -0.15) is 4.98 Å². The number of carboxylic acid groups (broad SMARTS) is 1. The summed E-state index contributed by atoms with van der Waals surface area (Å²) in [6, 6.07) is 1.76. The molecule has 2 aromatic heterocycles. The van der Waals surface area contributed by atoms with E-state index in [0.29, 0.717) is 23.9 Å². The number of aromatic nitrogens is 2. The highest BCUT2D eigenvalue weighted by Crippen LogP contribution is 2.34. The minimum atomic E-state index is -0.989. The number of aryl methyl sites for hydroxylation is 1.